The van der Waals surface area contributed by atoms with Crippen LogP contribution >= 0.6 is 22.9 Å². The van der Waals surface area contributed by atoms with Crippen LogP contribution in [0.1, 0.15) is 17.6 Å². The molecular formula is C20H18ClN3O4S2. The fourth-order valence-electron chi connectivity index (χ4n) is 2.98. The second-order valence-corrected chi connectivity index (χ2v) is 10.1. The number of nitrogens with one attached hydrogen (secondary N) is 1. The molecule has 1 atom stereocenters. The molecule has 1 aromatic carbocycles. The molecule has 0 saturated carbocycles. The van der Waals surface area contributed by atoms with E-state index in [2.05, 4.69) is 14.9 Å². The van der Waals surface area contributed by atoms with Gasteiger partial charge < -0.3 is 8.94 Å². The van der Waals surface area contributed by atoms with Gasteiger partial charge in [-0.15, -0.1) is 11.3 Å². The van der Waals surface area contributed by atoms with E-state index < -0.39 is 10.0 Å². The van der Waals surface area contributed by atoms with Crippen molar-refractivity contribution in [1.82, 2.24) is 14.9 Å². The topological polar surface area (TPSA) is 98.2 Å². The second kappa shape index (κ2) is 8.35. The van der Waals surface area contributed by atoms with Crippen molar-refractivity contribution in [2.24, 2.45) is 0 Å². The van der Waals surface area contributed by atoms with E-state index in [0.717, 1.165) is 5.56 Å². The van der Waals surface area contributed by atoms with E-state index in [1.54, 1.807) is 56.5 Å². The van der Waals surface area contributed by atoms with Crippen LogP contribution in [0.2, 0.25) is 5.02 Å². The summed E-state index contributed by atoms with van der Waals surface area (Å²) in [6, 6.07) is 11.9. The van der Waals surface area contributed by atoms with Crippen LogP contribution in [0.3, 0.4) is 0 Å². The predicted octanol–water partition coefficient (Wildman–Crippen LogP) is 4.93. The average Bonchev–Trinajstić information content (AvgIpc) is 3.42. The van der Waals surface area contributed by atoms with E-state index in [1.807, 2.05) is 6.07 Å². The van der Waals surface area contributed by atoms with Crippen molar-refractivity contribution in [3.63, 3.8) is 0 Å². The number of sulfonamides is 1. The molecule has 0 radical (unpaired) electrons. The molecule has 4 aromatic rings. The van der Waals surface area contributed by atoms with E-state index in [-0.39, 0.29) is 16.8 Å². The number of nitrogens with zero attached hydrogens (tertiary/aromatic N) is 2. The van der Waals surface area contributed by atoms with Crippen LogP contribution in [-0.2, 0) is 16.4 Å². The van der Waals surface area contributed by atoms with Gasteiger partial charge in [0.1, 0.15) is 5.76 Å². The van der Waals surface area contributed by atoms with E-state index >= 15 is 0 Å². The minimum Gasteiger partial charge on any atom is -0.469 e. The molecule has 7 nitrogen and oxygen atoms in total. The van der Waals surface area contributed by atoms with Gasteiger partial charge in [-0.1, -0.05) is 16.8 Å². The normalized spacial score (nSPS) is 12.9. The SMILES string of the molecule is Cc1sc(-c2nc(-c3ccc(Cl)cc3)no2)cc1S(=O)(=O)N[C@H](C)Cc1ccco1. The molecule has 0 aliphatic carbocycles. The van der Waals surface area contributed by atoms with Crippen LogP contribution in [0.25, 0.3) is 22.2 Å². The largest absolute Gasteiger partial charge is 0.469 e. The Labute approximate surface area is 182 Å². The predicted molar refractivity (Wildman–Crippen MR) is 115 cm³/mol. The third-order valence-electron chi connectivity index (χ3n) is 4.34. The van der Waals surface area contributed by atoms with Gasteiger partial charge in [-0.05, 0) is 56.3 Å². The molecule has 0 spiro atoms. The van der Waals surface area contributed by atoms with E-state index in [9.17, 15) is 8.42 Å². The average molecular weight is 464 g/mol. The van der Waals surface area contributed by atoms with Gasteiger partial charge >= 0.3 is 0 Å². The smallest absolute Gasteiger partial charge is 0.268 e. The highest BCUT2D eigenvalue weighted by Gasteiger charge is 2.24. The molecule has 0 aliphatic heterocycles. The Hall–Kier alpha value is -2.46. The fraction of sp³-hybridized carbons (Fsp3) is 0.200. The lowest BCUT2D eigenvalue weighted by molar-refractivity contribution is 0.433. The van der Waals surface area contributed by atoms with E-state index in [4.69, 9.17) is 20.5 Å². The van der Waals surface area contributed by atoms with E-state index in [0.29, 0.717) is 32.8 Å². The standard InChI is InChI=1S/C20H18ClN3O4S2/c1-12(10-16-4-3-9-27-16)24-30(25,26)18-11-17(29-13(18)2)20-22-19(23-28-20)14-5-7-15(21)8-6-14/h3-9,11-12,24H,10H2,1-2H3/t12-/m1/s1. The molecule has 0 fully saturated rings. The molecular weight excluding hydrogens is 446 g/mol. The Morgan fingerprint density at radius 2 is 2.00 bits per heavy atom. The first-order valence-corrected chi connectivity index (χ1v) is 11.7. The van der Waals surface area contributed by atoms with Crippen LogP contribution in [0.5, 0.6) is 0 Å². The summed E-state index contributed by atoms with van der Waals surface area (Å²) in [7, 11) is -3.72. The van der Waals surface area contributed by atoms with E-state index in [1.165, 1.54) is 11.3 Å². The van der Waals surface area contributed by atoms with Gasteiger partial charge in [0, 0.05) is 27.9 Å². The molecule has 0 bridgehead atoms. The molecule has 0 saturated heterocycles. The van der Waals surface area contributed by atoms with Crippen molar-refractivity contribution >= 4 is 33.0 Å². The molecule has 0 unspecified atom stereocenters. The van der Waals surface area contributed by atoms with Gasteiger partial charge in [0.05, 0.1) is 16.0 Å². The number of thiophene rings is 1. The molecule has 3 aromatic heterocycles. The first-order valence-electron chi connectivity index (χ1n) is 9.07. The highest BCUT2D eigenvalue weighted by atomic mass is 35.5. The van der Waals surface area contributed by atoms with Crippen LogP contribution in [0, 0.1) is 6.92 Å². The lowest BCUT2D eigenvalue weighted by atomic mass is 10.2. The zero-order valence-electron chi connectivity index (χ0n) is 16.1. The van der Waals surface area contributed by atoms with Crippen LogP contribution in [0.4, 0.5) is 0 Å². The summed E-state index contributed by atoms with van der Waals surface area (Å²) >= 11 is 7.19. The van der Waals surface area contributed by atoms with Crippen molar-refractivity contribution in [2.75, 3.05) is 0 Å². The monoisotopic (exact) mass is 463 g/mol. The third-order valence-corrected chi connectivity index (χ3v) is 7.48. The lowest BCUT2D eigenvalue weighted by Gasteiger charge is -2.12. The maximum Gasteiger partial charge on any atom is 0.268 e. The highest BCUT2D eigenvalue weighted by Crippen LogP contribution is 2.33. The molecule has 0 amide bonds. The maximum absolute atomic E-state index is 12.9. The van der Waals surface area contributed by atoms with Crippen LogP contribution < -0.4 is 4.72 Å². The minimum atomic E-state index is -3.72. The molecule has 1 N–H and O–H groups in total. The fourth-order valence-corrected chi connectivity index (χ4v) is 5.86. The van der Waals surface area contributed by atoms with Gasteiger partial charge in [0.15, 0.2) is 0 Å². The maximum atomic E-state index is 12.9. The Balaban J connectivity index is 1.55. The second-order valence-electron chi connectivity index (χ2n) is 6.77. The number of aryl methyl sites for hydroxylation is 1. The summed E-state index contributed by atoms with van der Waals surface area (Å²) in [5.74, 6) is 1.38. The van der Waals surface area contributed by atoms with Gasteiger partial charge in [-0.2, -0.15) is 4.98 Å². The molecule has 10 heteroatoms. The number of furan rings is 1. The quantitative estimate of drug-likeness (QED) is 0.417. The van der Waals surface area contributed by atoms with Crippen molar-refractivity contribution < 1.29 is 17.4 Å². The van der Waals surface area contributed by atoms with Crippen molar-refractivity contribution in [3.8, 4) is 22.2 Å². The Morgan fingerprint density at radius 1 is 1.23 bits per heavy atom. The summed E-state index contributed by atoms with van der Waals surface area (Å²) in [5.41, 5.74) is 0.754. The summed E-state index contributed by atoms with van der Waals surface area (Å²) in [6.45, 7) is 3.54. The minimum absolute atomic E-state index is 0.194. The zero-order valence-corrected chi connectivity index (χ0v) is 18.5. The Morgan fingerprint density at radius 3 is 2.70 bits per heavy atom. The molecule has 4 rings (SSSR count). The summed E-state index contributed by atoms with van der Waals surface area (Å²) in [5, 5.41) is 4.60. The molecule has 3 heterocycles. The molecule has 0 aliphatic rings. The van der Waals surface area contributed by atoms with Crippen molar-refractivity contribution in [1.29, 1.82) is 0 Å². The molecule has 156 valence electrons. The number of hydrogen-bond acceptors (Lipinski definition) is 7. The number of hydrogen-bond donors (Lipinski definition) is 1. The van der Waals surface area contributed by atoms with Gasteiger partial charge in [-0.3, -0.25) is 0 Å². The van der Waals surface area contributed by atoms with Crippen LogP contribution in [-0.4, -0.2) is 24.6 Å². The third kappa shape index (κ3) is 4.49. The van der Waals surface area contributed by atoms with Crippen molar-refractivity contribution in [3.05, 3.63) is 64.4 Å². The van der Waals surface area contributed by atoms with Gasteiger partial charge in [0.2, 0.25) is 15.8 Å². The van der Waals surface area contributed by atoms with Crippen molar-refractivity contribution in [2.45, 2.75) is 31.2 Å². The number of benzene rings is 1. The van der Waals surface area contributed by atoms with Crippen LogP contribution in [0.15, 0.2) is 62.6 Å². The zero-order chi connectivity index (χ0) is 21.3. The summed E-state index contributed by atoms with van der Waals surface area (Å²) in [4.78, 5) is 5.80. The highest BCUT2D eigenvalue weighted by molar-refractivity contribution is 7.89. The van der Waals surface area contributed by atoms with Gasteiger partial charge in [-0.25, -0.2) is 13.1 Å². The number of rotatable bonds is 7. The number of aromatic nitrogens is 2. The Kier molecular flexibility index (Phi) is 5.79. The first-order chi connectivity index (χ1) is 14.3. The number of halogens is 1. The van der Waals surface area contributed by atoms with Gasteiger partial charge in [0.25, 0.3) is 5.89 Å². The summed E-state index contributed by atoms with van der Waals surface area (Å²) < 4.78 is 39.1. The summed E-state index contributed by atoms with van der Waals surface area (Å²) in [6.07, 6.45) is 2.02. The Bertz CT molecular complexity index is 1250. The molecule has 30 heavy (non-hydrogen) atoms. The lowest BCUT2D eigenvalue weighted by Crippen LogP contribution is -2.34. The first kappa shape index (κ1) is 20.8.